The van der Waals surface area contributed by atoms with Crippen LogP contribution >= 0.6 is 0 Å². The third-order valence-electron chi connectivity index (χ3n) is 7.11. The molecule has 2 aliphatic heterocycles. The molecule has 3 aromatic rings. The summed E-state index contributed by atoms with van der Waals surface area (Å²) in [5.41, 5.74) is 4.30. The highest BCUT2D eigenvalue weighted by Crippen LogP contribution is 2.33. The standard InChI is InChI=1S/C30H35N3O4/c1-2-20-12-13-27-22(16-20)23(14-15-36-27)31-18-26(34)25(17-21-8-4-3-5-9-21)33-30(35)29-19-32-24-10-6-7-11-28(24)37-29/h3-13,16,23,25-26,29,31-32,34H,2,14-15,17-19H2,1H3,(H,33,35)/t23-,25-,26-,29?/m0/s1. The quantitative estimate of drug-likeness (QED) is 0.358. The number of aryl methyl sites for hydroxylation is 1. The van der Waals surface area contributed by atoms with Crippen LogP contribution in [-0.4, -0.2) is 49.0 Å². The minimum absolute atomic E-state index is 0.0837. The Balaban J connectivity index is 1.27. The number of fused-ring (bicyclic) bond motifs is 2. The van der Waals surface area contributed by atoms with Crippen molar-refractivity contribution in [1.82, 2.24) is 10.6 Å². The van der Waals surface area contributed by atoms with E-state index in [0.717, 1.165) is 35.4 Å². The summed E-state index contributed by atoms with van der Waals surface area (Å²) in [4.78, 5) is 13.2. The van der Waals surface area contributed by atoms with Gasteiger partial charge in [-0.1, -0.05) is 61.5 Å². The van der Waals surface area contributed by atoms with E-state index in [1.807, 2.05) is 60.7 Å². The number of para-hydroxylation sites is 2. The predicted octanol–water partition coefficient (Wildman–Crippen LogP) is 3.62. The number of anilines is 1. The van der Waals surface area contributed by atoms with Crippen LogP contribution in [0.1, 0.15) is 36.1 Å². The number of carbonyl (C=O) groups excluding carboxylic acids is 1. The number of aliphatic hydroxyl groups is 1. The average Bonchev–Trinajstić information content (AvgIpc) is 2.95. The molecule has 7 heteroatoms. The zero-order chi connectivity index (χ0) is 25.6. The van der Waals surface area contributed by atoms with E-state index in [-0.39, 0.29) is 11.9 Å². The second-order valence-electron chi connectivity index (χ2n) is 9.68. The first kappa shape index (κ1) is 25.1. The summed E-state index contributed by atoms with van der Waals surface area (Å²) in [7, 11) is 0. The maximum absolute atomic E-state index is 13.2. The third-order valence-corrected chi connectivity index (χ3v) is 7.11. The molecule has 0 bridgehead atoms. The first-order valence-electron chi connectivity index (χ1n) is 13.1. The summed E-state index contributed by atoms with van der Waals surface area (Å²) in [6.07, 6.45) is 0.813. The van der Waals surface area contributed by atoms with E-state index < -0.39 is 18.2 Å². The van der Waals surface area contributed by atoms with Gasteiger partial charge in [0.25, 0.3) is 5.91 Å². The summed E-state index contributed by atoms with van der Waals surface area (Å²) >= 11 is 0. The van der Waals surface area contributed by atoms with Gasteiger partial charge in [-0.2, -0.15) is 0 Å². The van der Waals surface area contributed by atoms with Crippen LogP contribution in [0, 0.1) is 0 Å². The van der Waals surface area contributed by atoms with E-state index in [9.17, 15) is 9.90 Å². The van der Waals surface area contributed by atoms with Gasteiger partial charge in [0.2, 0.25) is 0 Å². The molecule has 0 aliphatic carbocycles. The summed E-state index contributed by atoms with van der Waals surface area (Å²) < 4.78 is 11.8. The van der Waals surface area contributed by atoms with Gasteiger partial charge in [-0.25, -0.2) is 0 Å². The molecule has 4 N–H and O–H groups in total. The average molecular weight is 502 g/mol. The fourth-order valence-electron chi connectivity index (χ4n) is 4.97. The molecule has 1 unspecified atom stereocenters. The second-order valence-corrected chi connectivity index (χ2v) is 9.68. The van der Waals surface area contributed by atoms with Gasteiger partial charge in [-0.15, -0.1) is 0 Å². The lowest BCUT2D eigenvalue weighted by atomic mass is 9.96. The molecule has 2 aliphatic rings. The van der Waals surface area contributed by atoms with Crippen LogP contribution in [0.15, 0.2) is 72.8 Å². The number of nitrogens with one attached hydrogen (secondary N) is 3. The molecule has 0 aromatic heterocycles. The Morgan fingerprint density at radius 2 is 1.86 bits per heavy atom. The smallest absolute Gasteiger partial charge is 0.263 e. The highest BCUT2D eigenvalue weighted by molar-refractivity contribution is 5.83. The molecule has 7 nitrogen and oxygen atoms in total. The van der Waals surface area contributed by atoms with E-state index in [1.165, 1.54) is 5.56 Å². The lowest BCUT2D eigenvalue weighted by Gasteiger charge is -2.32. The second kappa shape index (κ2) is 11.7. The van der Waals surface area contributed by atoms with Gasteiger partial charge in [-0.05, 0) is 42.2 Å². The zero-order valence-corrected chi connectivity index (χ0v) is 21.2. The van der Waals surface area contributed by atoms with Crippen molar-refractivity contribution in [3.05, 3.63) is 89.5 Å². The Hall–Kier alpha value is -3.55. The van der Waals surface area contributed by atoms with Crippen molar-refractivity contribution in [3.8, 4) is 11.5 Å². The van der Waals surface area contributed by atoms with Crippen LogP contribution < -0.4 is 25.4 Å². The minimum Gasteiger partial charge on any atom is -0.493 e. The van der Waals surface area contributed by atoms with Gasteiger partial charge in [0.15, 0.2) is 6.10 Å². The van der Waals surface area contributed by atoms with Crippen LogP contribution in [0.4, 0.5) is 5.69 Å². The van der Waals surface area contributed by atoms with Gasteiger partial charge < -0.3 is 30.5 Å². The lowest BCUT2D eigenvalue weighted by molar-refractivity contribution is -0.129. The van der Waals surface area contributed by atoms with Crippen LogP contribution in [0.3, 0.4) is 0 Å². The molecular formula is C30H35N3O4. The van der Waals surface area contributed by atoms with Crippen LogP contribution in [0.2, 0.25) is 0 Å². The summed E-state index contributed by atoms with van der Waals surface area (Å²) in [5.74, 6) is 1.30. The molecule has 0 saturated heterocycles. The topological polar surface area (TPSA) is 91.9 Å². The normalized spacial score (nSPS) is 19.7. The number of aliphatic hydroxyl groups excluding tert-OH is 1. The lowest BCUT2D eigenvalue weighted by Crippen LogP contribution is -2.54. The first-order valence-corrected chi connectivity index (χ1v) is 13.1. The Kier molecular flexibility index (Phi) is 7.92. The van der Waals surface area contributed by atoms with Gasteiger partial charge in [0, 0.05) is 24.6 Å². The molecule has 194 valence electrons. The Labute approximate surface area is 218 Å². The number of hydrogen-bond donors (Lipinski definition) is 4. The van der Waals surface area contributed by atoms with E-state index in [0.29, 0.717) is 31.9 Å². The molecule has 5 rings (SSSR count). The molecule has 0 fully saturated rings. The minimum atomic E-state index is -0.798. The molecule has 0 radical (unpaired) electrons. The number of carbonyl (C=O) groups is 1. The van der Waals surface area contributed by atoms with Gasteiger partial charge in [0.1, 0.15) is 11.5 Å². The summed E-state index contributed by atoms with van der Waals surface area (Å²) in [6.45, 7) is 3.47. The van der Waals surface area contributed by atoms with Crippen LogP contribution in [-0.2, 0) is 17.6 Å². The Morgan fingerprint density at radius 1 is 1.05 bits per heavy atom. The Bertz CT molecular complexity index is 1200. The van der Waals surface area contributed by atoms with Crippen molar-refractivity contribution in [2.45, 2.75) is 50.5 Å². The van der Waals surface area contributed by atoms with Gasteiger partial charge in [0.05, 0.1) is 31.0 Å². The van der Waals surface area contributed by atoms with Gasteiger partial charge in [-0.3, -0.25) is 4.79 Å². The summed E-state index contributed by atoms with van der Waals surface area (Å²) in [5, 5.41) is 21.2. The maximum atomic E-state index is 13.2. The molecule has 0 spiro atoms. The maximum Gasteiger partial charge on any atom is 0.263 e. The molecular weight excluding hydrogens is 466 g/mol. The molecule has 1 amide bonds. The number of amides is 1. The Morgan fingerprint density at radius 3 is 2.70 bits per heavy atom. The monoisotopic (exact) mass is 501 g/mol. The van der Waals surface area contributed by atoms with Crippen LogP contribution in [0.25, 0.3) is 0 Å². The van der Waals surface area contributed by atoms with E-state index in [1.54, 1.807) is 0 Å². The predicted molar refractivity (Wildman–Crippen MR) is 144 cm³/mol. The van der Waals surface area contributed by atoms with Gasteiger partial charge >= 0.3 is 0 Å². The van der Waals surface area contributed by atoms with Crippen molar-refractivity contribution in [1.29, 1.82) is 0 Å². The van der Waals surface area contributed by atoms with Crippen molar-refractivity contribution in [3.63, 3.8) is 0 Å². The highest BCUT2D eigenvalue weighted by atomic mass is 16.5. The SMILES string of the molecule is CCc1ccc2c(c1)[C@@H](NC[C@H](O)[C@H](Cc1ccccc1)NC(=O)C1CNc3ccccc3O1)CCO2. The van der Waals surface area contributed by atoms with Crippen molar-refractivity contribution < 1.29 is 19.4 Å². The zero-order valence-electron chi connectivity index (χ0n) is 21.2. The largest absolute Gasteiger partial charge is 0.493 e. The first-order chi connectivity index (χ1) is 18.1. The fourth-order valence-corrected chi connectivity index (χ4v) is 4.97. The fraction of sp³-hybridized carbons (Fsp3) is 0.367. The number of benzene rings is 3. The van der Waals surface area contributed by atoms with E-state index in [4.69, 9.17) is 9.47 Å². The molecule has 37 heavy (non-hydrogen) atoms. The molecule has 3 aromatic carbocycles. The van der Waals surface area contributed by atoms with Crippen molar-refractivity contribution in [2.75, 3.05) is 25.0 Å². The van der Waals surface area contributed by atoms with Crippen molar-refractivity contribution in [2.24, 2.45) is 0 Å². The van der Waals surface area contributed by atoms with Crippen molar-refractivity contribution >= 4 is 11.6 Å². The molecule has 2 heterocycles. The van der Waals surface area contributed by atoms with E-state index >= 15 is 0 Å². The number of rotatable bonds is 9. The van der Waals surface area contributed by atoms with E-state index in [2.05, 4.69) is 35.0 Å². The summed E-state index contributed by atoms with van der Waals surface area (Å²) in [6, 6.07) is 23.4. The number of hydrogen-bond acceptors (Lipinski definition) is 6. The molecule has 4 atom stereocenters. The van der Waals surface area contributed by atoms with Crippen LogP contribution in [0.5, 0.6) is 11.5 Å². The molecule has 0 saturated carbocycles. The number of ether oxygens (including phenoxy) is 2. The highest BCUT2D eigenvalue weighted by Gasteiger charge is 2.31. The third kappa shape index (κ3) is 6.06.